The van der Waals surface area contributed by atoms with Crippen molar-refractivity contribution in [2.24, 2.45) is 5.73 Å². The highest BCUT2D eigenvalue weighted by Gasteiger charge is 2.31. The van der Waals surface area contributed by atoms with E-state index in [0.29, 0.717) is 24.3 Å². The van der Waals surface area contributed by atoms with E-state index >= 15 is 0 Å². The number of anilines is 2. The third kappa shape index (κ3) is 5.83. The zero-order valence-corrected chi connectivity index (χ0v) is 15.4. The van der Waals surface area contributed by atoms with Crippen LogP contribution in [0.25, 0.3) is 0 Å². The van der Waals surface area contributed by atoms with Gasteiger partial charge in [-0.1, -0.05) is 12.8 Å². The van der Waals surface area contributed by atoms with Gasteiger partial charge in [0.1, 0.15) is 0 Å². The summed E-state index contributed by atoms with van der Waals surface area (Å²) in [5, 5.41) is 2.86. The van der Waals surface area contributed by atoms with Gasteiger partial charge >= 0.3 is 0 Å². The number of benzene rings is 1. The number of rotatable bonds is 8. The number of hydrogen-bond acceptors (Lipinski definition) is 4. The van der Waals surface area contributed by atoms with E-state index in [1.165, 1.54) is 4.90 Å². The molecule has 0 unspecified atom stereocenters. The molecular formula is C18H26ClN3O3. The van der Waals surface area contributed by atoms with Crippen LogP contribution < -0.4 is 16.0 Å². The fourth-order valence-corrected chi connectivity index (χ4v) is 2.84. The number of carbonyl (C=O) groups is 3. The Morgan fingerprint density at radius 2 is 1.76 bits per heavy atom. The number of nitrogens with zero attached hydrogens (tertiary/aromatic N) is 1. The molecule has 0 atom stereocenters. The summed E-state index contributed by atoms with van der Waals surface area (Å²) >= 11 is 0. The van der Waals surface area contributed by atoms with Crippen LogP contribution in [0.5, 0.6) is 0 Å². The standard InChI is InChI=1S/C18H25N3O3.ClH/c1-13-12-14(20-16(22)6-4-2-3-5-11-19)7-8-15(13)21-17(23)9-10-18(21)24;/h7-8,12H,2-6,9-11,19H2,1H3,(H,20,22);1H. The normalized spacial score (nSPS) is 13.8. The van der Waals surface area contributed by atoms with Gasteiger partial charge in [0, 0.05) is 24.9 Å². The molecule has 1 aromatic carbocycles. The van der Waals surface area contributed by atoms with Crippen molar-refractivity contribution in [3.05, 3.63) is 23.8 Å². The van der Waals surface area contributed by atoms with Crippen molar-refractivity contribution in [3.8, 4) is 0 Å². The van der Waals surface area contributed by atoms with Crippen molar-refractivity contribution >= 4 is 41.5 Å². The summed E-state index contributed by atoms with van der Waals surface area (Å²) in [5.41, 5.74) is 7.51. The second-order valence-corrected chi connectivity index (χ2v) is 6.13. The van der Waals surface area contributed by atoms with Crippen LogP contribution in [0, 0.1) is 6.92 Å². The Labute approximate surface area is 154 Å². The van der Waals surface area contributed by atoms with Gasteiger partial charge < -0.3 is 11.1 Å². The molecule has 0 saturated carbocycles. The largest absolute Gasteiger partial charge is 0.330 e. The van der Waals surface area contributed by atoms with E-state index < -0.39 is 0 Å². The number of halogens is 1. The molecule has 1 heterocycles. The summed E-state index contributed by atoms with van der Waals surface area (Å²) in [6.45, 7) is 2.52. The molecule has 1 aliphatic heterocycles. The van der Waals surface area contributed by atoms with E-state index in [1.807, 2.05) is 6.92 Å². The predicted octanol–water partition coefficient (Wildman–Crippen LogP) is 2.92. The van der Waals surface area contributed by atoms with Crippen LogP contribution in [0.15, 0.2) is 18.2 Å². The monoisotopic (exact) mass is 367 g/mol. The minimum Gasteiger partial charge on any atom is -0.330 e. The summed E-state index contributed by atoms with van der Waals surface area (Å²) < 4.78 is 0. The first-order chi connectivity index (χ1) is 11.5. The molecule has 6 nitrogen and oxygen atoms in total. The molecule has 1 aromatic rings. The van der Waals surface area contributed by atoms with Crippen LogP contribution >= 0.6 is 12.4 Å². The Kier molecular flexibility index (Phi) is 8.58. The first-order valence-corrected chi connectivity index (χ1v) is 8.49. The summed E-state index contributed by atoms with van der Waals surface area (Å²) in [6, 6.07) is 5.24. The van der Waals surface area contributed by atoms with E-state index in [-0.39, 0.29) is 43.0 Å². The molecule has 0 radical (unpaired) electrons. The Balaban J connectivity index is 0.00000312. The third-order valence-electron chi connectivity index (χ3n) is 4.13. The van der Waals surface area contributed by atoms with Gasteiger partial charge in [-0.15, -0.1) is 12.4 Å². The zero-order valence-electron chi connectivity index (χ0n) is 14.5. The van der Waals surface area contributed by atoms with Gasteiger partial charge in [0.05, 0.1) is 5.69 Å². The topological polar surface area (TPSA) is 92.5 Å². The first kappa shape index (κ1) is 21.1. The minimum atomic E-state index is -0.169. The SMILES string of the molecule is Cc1cc(NC(=O)CCCCCCN)ccc1N1C(=O)CCC1=O.Cl. The number of hydrogen-bond donors (Lipinski definition) is 2. The molecule has 0 bridgehead atoms. The second-order valence-electron chi connectivity index (χ2n) is 6.13. The molecule has 7 heteroatoms. The molecular weight excluding hydrogens is 342 g/mol. The Hall–Kier alpha value is -1.92. The maximum absolute atomic E-state index is 11.9. The fraction of sp³-hybridized carbons (Fsp3) is 0.500. The molecule has 0 spiro atoms. The number of imide groups is 1. The van der Waals surface area contributed by atoms with Crippen LogP contribution in [-0.4, -0.2) is 24.3 Å². The summed E-state index contributed by atoms with van der Waals surface area (Å²) in [6.07, 6.45) is 4.91. The highest BCUT2D eigenvalue weighted by atomic mass is 35.5. The summed E-state index contributed by atoms with van der Waals surface area (Å²) in [4.78, 5) is 36.8. The van der Waals surface area contributed by atoms with Crippen molar-refractivity contribution in [2.45, 2.75) is 51.9 Å². The fourth-order valence-electron chi connectivity index (χ4n) is 2.84. The molecule has 1 fully saturated rings. The van der Waals surface area contributed by atoms with Gasteiger partial charge in [-0.25, -0.2) is 0 Å². The van der Waals surface area contributed by atoms with Crippen LogP contribution in [0.4, 0.5) is 11.4 Å². The molecule has 1 saturated heterocycles. The minimum absolute atomic E-state index is 0. The molecule has 25 heavy (non-hydrogen) atoms. The van der Waals surface area contributed by atoms with Crippen molar-refractivity contribution in [3.63, 3.8) is 0 Å². The van der Waals surface area contributed by atoms with Gasteiger partial charge in [-0.05, 0) is 50.1 Å². The lowest BCUT2D eigenvalue weighted by Gasteiger charge is -2.17. The Morgan fingerprint density at radius 1 is 1.12 bits per heavy atom. The van der Waals surface area contributed by atoms with Crippen LogP contribution in [-0.2, 0) is 14.4 Å². The maximum atomic E-state index is 11.9. The number of nitrogens with two attached hydrogens (primary N) is 1. The van der Waals surface area contributed by atoms with E-state index in [1.54, 1.807) is 18.2 Å². The zero-order chi connectivity index (χ0) is 17.5. The lowest BCUT2D eigenvalue weighted by Crippen LogP contribution is -2.29. The molecule has 1 aliphatic rings. The number of amides is 3. The van der Waals surface area contributed by atoms with Gasteiger partial charge in [0.2, 0.25) is 17.7 Å². The second kappa shape index (κ2) is 10.2. The predicted molar refractivity (Wildman–Crippen MR) is 101 cm³/mol. The molecule has 2 rings (SSSR count). The molecule has 0 aromatic heterocycles. The van der Waals surface area contributed by atoms with Gasteiger partial charge in [0.15, 0.2) is 0 Å². The van der Waals surface area contributed by atoms with Gasteiger partial charge in [-0.2, -0.15) is 0 Å². The van der Waals surface area contributed by atoms with E-state index in [4.69, 9.17) is 5.73 Å². The highest BCUT2D eigenvalue weighted by molar-refractivity contribution is 6.20. The number of carbonyl (C=O) groups excluding carboxylic acids is 3. The molecule has 3 N–H and O–H groups in total. The Bertz CT molecular complexity index is 618. The van der Waals surface area contributed by atoms with Crippen LogP contribution in [0.2, 0.25) is 0 Å². The third-order valence-corrected chi connectivity index (χ3v) is 4.13. The van der Waals surface area contributed by atoms with Crippen molar-refractivity contribution < 1.29 is 14.4 Å². The first-order valence-electron chi connectivity index (χ1n) is 8.49. The Morgan fingerprint density at radius 3 is 2.36 bits per heavy atom. The van der Waals surface area contributed by atoms with Crippen LogP contribution in [0.1, 0.15) is 50.5 Å². The van der Waals surface area contributed by atoms with Crippen molar-refractivity contribution in [1.29, 1.82) is 0 Å². The van der Waals surface area contributed by atoms with E-state index in [0.717, 1.165) is 31.2 Å². The van der Waals surface area contributed by atoms with Gasteiger partial charge in [-0.3, -0.25) is 19.3 Å². The summed E-state index contributed by atoms with van der Waals surface area (Å²) in [5.74, 6) is -0.363. The number of nitrogens with one attached hydrogen (secondary N) is 1. The highest BCUT2D eigenvalue weighted by Crippen LogP contribution is 2.28. The van der Waals surface area contributed by atoms with Crippen molar-refractivity contribution in [1.82, 2.24) is 0 Å². The number of unbranched alkanes of at least 4 members (excludes halogenated alkanes) is 3. The molecule has 138 valence electrons. The molecule has 0 aliphatic carbocycles. The van der Waals surface area contributed by atoms with Crippen LogP contribution in [0.3, 0.4) is 0 Å². The average Bonchev–Trinajstić information content (AvgIpc) is 2.87. The lowest BCUT2D eigenvalue weighted by molar-refractivity contribution is -0.121. The maximum Gasteiger partial charge on any atom is 0.234 e. The van der Waals surface area contributed by atoms with Crippen molar-refractivity contribution in [2.75, 3.05) is 16.8 Å². The quantitative estimate of drug-likeness (QED) is 0.545. The lowest BCUT2D eigenvalue weighted by atomic mass is 10.1. The number of aryl methyl sites for hydroxylation is 1. The van der Waals surface area contributed by atoms with E-state index in [9.17, 15) is 14.4 Å². The smallest absolute Gasteiger partial charge is 0.234 e. The van der Waals surface area contributed by atoms with Gasteiger partial charge in [0.25, 0.3) is 0 Å². The molecule has 3 amide bonds. The van der Waals surface area contributed by atoms with E-state index in [2.05, 4.69) is 5.32 Å². The average molecular weight is 368 g/mol. The summed E-state index contributed by atoms with van der Waals surface area (Å²) in [7, 11) is 0.